The van der Waals surface area contributed by atoms with Gasteiger partial charge in [0.2, 0.25) is 0 Å². The number of nitrogens with zero attached hydrogens (tertiary/aromatic N) is 2. The molecule has 14 rings (SSSR count). The van der Waals surface area contributed by atoms with E-state index in [9.17, 15) is 0 Å². The van der Waals surface area contributed by atoms with Crippen LogP contribution >= 0.6 is 0 Å². The molecule has 0 N–H and O–H groups in total. The van der Waals surface area contributed by atoms with Crippen LogP contribution in [-0.2, 0) is 5.41 Å². The molecule has 1 aliphatic carbocycles. The molecule has 0 bridgehead atoms. The number of rotatable bonds is 8. The minimum atomic E-state index is -0.530. The summed E-state index contributed by atoms with van der Waals surface area (Å²) in [5.74, 6) is 0. The van der Waals surface area contributed by atoms with Crippen LogP contribution in [0.25, 0.3) is 82.4 Å². The van der Waals surface area contributed by atoms with Crippen molar-refractivity contribution in [2.45, 2.75) is 5.41 Å². The third-order valence-corrected chi connectivity index (χ3v) is 15.0. The van der Waals surface area contributed by atoms with Crippen LogP contribution in [0.5, 0.6) is 0 Å². The first-order chi connectivity index (χ1) is 35.2. The molecule has 12 aromatic carbocycles. The average Bonchev–Trinajstić information content (AvgIpc) is 3.93. The van der Waals surface area contributed by atoms with Gasteiger partial charge >= 0.3 is 0 Å². The van der Waals surface area contributed by atoms with Gasteiger partial charge in [-0.15, -0.1) is 0 Å². The molecule has 0 saturated heterocycles. The van der Waals surface area contributed by atoms with Gasteiger partial charge in [-0.25, -0.2) is 0 Å². The molecule has 1 aliphatic rings. The van der Waals surface area contributed by atoms with Gasteiger partial charge in [0.25, 0.3) is 0 Å². The lowest BCUT2D eigenvalue weighted by atomic mass is 9.67. The normalized spacial score (nSPS) is 12.6. The topological polar surface area (TPSA) is 8.17 Å². The van der Waals surface area contributed by atoms with Crippen molar-refractivity contribution in [1.82, 2.24) is 4.57 Å². The van der Waals surface area contributed by atoms with Gasteiger partial charge in [-0.05, 0) is 144 Å². The Morgan fingerprint density at radius 1 is 0.296 bits per heavy atom. The smallest absolute Gasteiger partial charge is 0.0714 e. The second-order valence-electron chi connectivity index (χ2n) is 18.8. The van der Waals surface area contributed by atoms with Crippen molar-refractivity contribution in [3.8, 4) is 39.1 Å². The van der Waals surface area contributed by atoms with Crippen molar-refractivity contribution in [2.75, 3.05) is 4.90 Å². The molecule has 332 valence electrons. The van der Waals surface area contributed by atoms with Crippen LogP contribution in [0.4, 0.5) is 17.1 Å². The summed E-state index contributed by atoms with van der Waals surface area (Å²) in [7, 11) is 0. The predicted octanol–water partition coefficient (Wildman–Crippen LogP) is 18.3. The molecule has 0 radical (unpaired) electrons. The Kier molecular flexibility index (Phi) is 9.47. The van der Waals surface area contributed by atoms with Gasteiger partial charge in [0.1, 0.15) is 0 Å². The number of benzene rings is 12. The summed E-state index contributed by atoms with van der Waals surface area (Å²) in [6, 6.07) is 103. The van der Waals surface area contributed by atoms with Gasteiger partial charge in [-0.1, -0.05) is 212 Å². The molecule has 0 aliphatic heterocycles. The molecule has 71 heavy (non-hydrogen) atoms. The SMILES string of the molecule is c1ccc(N(c2ccccc2)c2cccc(-c3ccccc3-c3cc4c(c5ccccc35)c3cc5ccccc5cc3n4-c3ccc4c(c3)C(c3ccccc3)(c3ccccc3)c3ccccc3-4)c2)cc1. The molecule has 13 aromatic rings. The molecular weight excluding hydrogens is 857 g/mol. The van der Waals surface area contributed by atoms with Gasteiger partial charge in [0.15, 0.2) is 0 Å². The van der Waals surface area contributed by atoms with Crippen LogP contribution in [0.15, 0.2) is 279 Å². The van der Waals surface area contributed by atoms with E-state index in [-0.39, 0.29) is 0 Å². The Hall–Kier alpha value is -9.24. The van der Waals surface area contributed by atoms with Crippen molar-refractivity contribution in [1.29, 1.82) is 0 Å². The summed E-state index contributed by atoms with van der Waals surface area (Å²) in [5.41, 5.74) is 18.7. The Balaban J connectivity index is 1.04. The van der Waals surface area contributed by atoms with E-state index in [1.165, 1.54) is 93.4 Å². The molecule has 0 saturated carbocycles. The quantitative estimate of drug-likeness (QED) is 0.147. The third kappa shape index (κ3) is 6.35. The lowest BCUT2D eigenvalue weighted by Crippen LogP contribution is -2.28. The standard InChI is InChI=1S/C69H46N2/c1-5-25-50(26-6-1)69(51-27-7-2-8-28-51)64-39-20-19-37-59(64)60-41-40-55(45-65(60)69)71-66-44-48-23-14-13-22-47(48)43-63(66)68-61-38-18-17-36-58(61)62(46-67(68)71)57-35-16-15-34-56(57)49-24-21-33-54(42-49)70(52-29-9-3-10-30-52)53-31-11-4-12-32-53/h1-46H. The van der Waals surface area contributed by atoms with E-state index in [1.807, 2.05) is 0 Å². The fraction of sp³-hybridized carbons (Fsp3) is 0.0145. The van der Waals surface area contributed by atoms with E-state index in [1.54, 1.807) is 0 Å². The van der Waals surface area contributed by atoms with E-state index in [0.717, 1.165) is 28.3 Å². The number of para-hydroxylation sites is 2. The Morgan fingerprint density at radius 3 is 1.52 bits per heavy atom. The number of hydrogen-bond donors (Lipinski definition) is 0. The molecule has 0 fully saturated rings. The second kappa shape index (κ2) is 16.5. The number of fused-ring (bicyclic) bond motifs is 9. The molecule has 0 unspecified atom stereocenters. The lowest BCUT2D eigenvalue weighted by molar-refractivity contribution is 0.767. The van der Waals surface area contributed by atoms with Gasteiger partial charge < -0.3 is 9.47 Å². The van der Waals surface area contributed by atoms with Crippen LogP contribution in [0.3, 0.4) is 0 Å². The largest absolute Gasteiger partial charge is 0.310 e. The maximum Gasteiger partial charge on any atom is 0.0714 e. The van der Waals surface area contributed by atoms with Crippen molar-refractivity contribution >= 4 is 60.4 Å². The summed E-state index contributed by atoms with van der Waals surface area (Å²) < 4.78 is 2.55. The molecular formula is C69H46N2. The van der Waals surface area contributed by atoms with Gasteiger partial charge in [0, 0.05) is 33.5 Å². The highest BCUT2D eigenvalue weighted by Gasteiger charge is 2.46. The van der Waals surface area contributed by atoms with Crippen LogP contribution in [0, 0.1) is 0 Å². The maximum atomic E-state index is 2.55. The fourth-order valence-electron chi connectivity index (χ4n) is 12.0. The predicted molar refractivity (Wildman–Crippen MR) is 299 cm³/mol. The summed E-state index contributed by atoms with van der Waals surface area (Å²) in [5, 5.41) is 7.41. The molecule has 0 atom stereocenters. The summed E-state index contributed by atoms with van der Waals surface area (Å²) in [6.07, 6.45) is 0. The van der Waals surface area contributed by atoms with Gasteiger partial charge in [-0.3, -0.25) is 0 Å². The number of aromatic nitrogens is 1. The zero-order chi connectivity index (χ0) is 46.9. The van der Waals surface area contributed by atoms with Gasteiger partial charge in [-0.2, -0.15) is 0 Å². The minimum Gasteiger partial charge on any atom is -0.310 e. The first-order valence-corrected chi connectivity index (χ1v) is 24.6. The van der Waals surface area contributed by atoms with E-state index >= 15 is 0 Å². The summed E-state index contributed by atoms with van der Waals surface area (Å²) >= 11 is 0. The Bertz CT molecular complexity index is 4080. The molecule has 1 aromatic heterocycles. The fourth-order valence-corrected chi connectivity index (χ4v) is 12.0. The molecule has 0 spiro atoms. The maximum absolute atomic E-state index is 2.55. The molecule has 0 amide bonds. The summed E-state index contributed by atoms with van der Waals surface area (Å²) in [6.45, 7) is 0. The monoisotopic (exact) mass is 902 g/mol. The molecule has 2 heteroatoms. The molecule has 1 heterocycles. The van der Waals surface area contributed by atoms with Crippen LogP contribution in [0.2, 0.25) is 0 Å². The number of hydrogen-bond acceptors (Lipinski definition) is 1. The highest BCUT2D eigenvalue weighted by Crippen LogP contribution is 2.57. The van der Waals surface area contributed by atoms with E-state index < -0.39 is 5.41 Å². The highest BCUT2D eigenvalue weighted by molar-refractivity contribution is 6.26. The van der Waals surface area contributed by atoms with E-state index in [4.69, 9.17) is 0 Å². The first-order valence-electron chi connectivity index (χ1n) is 24.6. The van der Waals surface area contributed by atoms with Crippen LogP contribution in [0.1, 0.15) is 22.3 Å². The lowest BCUT2D eigenvalue weighted by Gasteiger charge is -2.34. The van der Waals surface area contributed by atoms with Crippen molar-refractivity contribution < 1.29 is 0 Å². The van der Waals surface area contributed by atoms with E-state index in [2.05, 4.69) is 289 Å². The van der Waals surface area contributed by atoms with E-state index in [0.29, 0.717) is 0 Å². The average molecular weight is 903 g/mol. The zero-order valence-corrected chi connectivity index (χ0v) is 39.0. The Labute approximate surface area is 413 Å². The van der Waals surface area contributed by atoms with Gasteiger partial charge in [0.05, 0.1) is 16.4 Å². The van der Waals surface area contributed by atoms with Crippen molar-refractivity contribution in [3.05, 3.63) is 301 Å². The summed E-state index contributed by atoms with van der Waals surface area (Å²) in [4.78, 5) is 2.34. The first kappa shape index (κ1) is 40.8. The highest BCUT2D eigenvalue weighted by atomic mass is 15.1. The number of anilines is 3. The van der Waals surface area contributed by atoms with Crippen molar-refractivity contribution in [3.63, 3.8) is 0 Å². The third-order valence-electron chi connectivity index (χ3n) is 15.0. The Morgan fingerprint density at radius 2 is 0.831 bits per heavy atom. The minimum absolute atomic E-state index is 0.530. The molecule has 2 nitrogen and oxygen atoms in total. The van der Waals surface area contributed by atoms with Crippen LogP contribution < -0.4 is 4.90 Å². The van der Waals surface area contributed by atoms with Crippen LogP contribution in [-0.4, -0.2) is 4.57 Å². The second-order valence-corrected chi connectivity index (χ2v) is 18.8. The van der Waals surface area contributed by atoms with Crippen molar-refractivity contribution in [2.24, 2.45) is 0 Å². The zero-order valence-electron chi connectivity index (χ0n) is 39.0.